The minimum Gasteiger partial charge on any atom is -0.467 e. The lowest BCUT2D eigenvalue weighted by molar-refractivity contribution is 0.0717. The molecule has 0 saturated carbocycles. The van der Waals surface area contributed by atoms with Crippen molar-refractivity contribution in [1.82, 2.24) is 4.90 Å². The van der Waals surface area contributed by atoms with Gasteiger partial charge in [0.15, 0.2) is 0 Å². The second-order valence-electron chi connectivity index (χ2n) is 7.47. The molecule has 1 amide bonds. The molecule has 0 aliphatic carbocycles. The van der Waals surface area contributed by atoms with Gasteiger partial charge in [0.05, 0.1) is 19.1 Å². The van der Waals surface area contributed by atoms with Crippen molar-refractivity contribution < 1.29 is 21.8 Å². The van der Waals surface area contributed by atoms with Gasteiger partial charge in [-0.05, 0) is 60.4 Å². The van der Waals surface area contributed by atoms with Gasteiger partial charge < -0.3 is 13.5 Å². The lowest BCUT2D eigenvalue weighted by atomic mass is 10.1. The van der Waals surface area contributed by atoms with E-state index >= 15 is 0 Å². The number of benzene rings is 2. The fourth-order valence-electron chi connectivity index (χ4n) is 3.21. The molecule has 0 aliphatic heterocycles. The van der Waals surface area contributed by atoms with E-state index in [1.807, 2.05) is 30.3 Å². The number of aryl methyl sites for hydroxylation is 1. The Bertz CT molecular complexity index is 1070. The van der Waals surface area contributed by atoms with Crippen LogP contribution in [0.5, 0.6) is 5.75 Å². The van der Waals surface area contributed by atoms with E-state index in [2.05, 4.69) is 6.92 Å². The van der Waals surface area contributed by atoms with E-state index in [0.717, 1.165) is 31.1 Å². The summed E-state index contributed by atoms with van der Waals surface area (Å²) in [4.78, 5) is 14.9. The van der Waals surface area contributed by atoms with Gasteiger partial charge in [0.25, 0.3) is 5.91 Å². The second-order valence-corrected chi connectivity index (χ2v) is 9.05. The Morgan fingerprint density at radius 3 is 2.23 bits per heavy atom. The predicted octanol–water partition coefficient (Wildman–Crippen LogP) is 4.80. The Labute approximate surface area is 183 Å². The lowest BCUT2D eigenvalue weighted by Crippen LogP contribution is -2.30. The highest BCUT2D eigenvalue weighted by molar-refractivity contribution is 7.86. The zero-order valence-electron chi connectivity index (χ0n) is 17.8. The average Bonchev–Trinajstić information content (AvgIpc) is 3.25. The van der Waals surface area contributed by atoms with Crippen molar-refractivity contribution in [2.45, 2.75) is 39.3 Å². The van der Waals surface area contributed by atoms with Gasteiger partial charge in [0.2, 0.25) is 0 Å². The summed E-state index contributed by atoms with van der Waals surface area (Å²) in [5.74, 6) is 0.817. The molecule has 3 aromatic rings. The molecule has 0 unspecified atom stereocenters. The van der Waals surface area contributed by atoms with E-state index in [0.29, 0.717) is 24.4 Å². The van der Waals surface area contributed by atoms with Gasteiger partial charge in [0, 0.05) is 12.1 Å². The third kappa shape index (κ3) is 7.00. The first-order chi connectivity index (χ1) is 14.8. The van der Waals surface area contributed by atoms with Crippen molar-refractivity contribution in [1.29, 1.82) is 0 Å². The topological polar surface area (TPSA) is 76.8 Å². The highest BCUT2D eigenvalue weighted by Gasteiger charge is 2.18. The predicted molar refractivity (Wildman–Crippen MR) is 119 cm³/mol. The van der Waals surface area contributed by atoms with Crippen molar-refractivity contribution in [2.24, 2.45) is 0 Å². The summed E-state index contributed by atoms with van der Waals surface area (Å²) in [7, 11) is -3.58. The highest BCUT2D eigenvalue weighted by Crippen LogP contribution is 2.19. The van der Waals surface area contributed by atoms with Gasteiger partial charge in [-0.25, -0.2) is 0 Å². The van der Waals surface area contributed by atoms with Gasteiger partial charge in [-0.2, -0.15) is 8.42 Å². The minimum absolute atomic E-state index is 0.102. The number of unbranched alkanes of at least 4 members (excludes halogenated alkanes) is 1. The Morgan fingerprint density at radius 1 is 0.968 bits per heavy atom. The van der Waals surface area contributed by atoms with E-state index in [4.69, 9.17) is 8.60 Å². The molecule has 1 heterocycles. The number of hydrogen-bond acceptors (Lipinski definition) is 5. The largest absolute Gasteiger partial charge is 0.467 e. The molecule has 0 N–H and O–H groups in total. The monoisotopic (exact) mass is 441 g/mol. The molecular weight excluding hydrogens is 414 g/mol. The van der Waals surface area contributed by atoms with E-state index in [1.165, 1.54) is 5.56 Å². The van der Waals surface area contributed by atoms with Crippen molar-refractivity contribution in [3.05, 3.63) is 89.4 Å². The zero-order chi connectivity index (χ0) is 22.3. The van der Waals surface area contributed by atoms with E-state index in [9.17, 15) is 13.2 Å². The van der Waals surface area contributed by atoms with Crippen LogP contribution in [0.3, 0.4) is 0 Å². The molecule has 3 rings (SSSR count). The first-order valence-electron chi connectivity index (χ1n) is 10.2. The molecular formula is C24H27NO5S. The number of furan rings is 1. The Morgan fingerprint density at radius 2 is 1.65 bits per heavy atom. The minimum atomic E-state index is -3.58. The number of hydrogen-bond donors (Lipinski definition) is 0. The second kappa shape index (κ2) is 10.3. The van der Waals surface area contributed by atoms with E-state index < -0.39 is 10.1 Å². The van der Waals surface area contributed by atoms with Crippen molar-refractivity contribution in [3.63, 3.8) is 0 Å². The summed E-state index contributed by atoms with van der Waals surface area (Å²) in [6.45, 7) is 2.82. The van der Waals surface area contributed by atoms with Gasteiger partial charge in [-0.15, -0.1) is 0 Å². The molecule has 0 saturated heterocycles. The van der Waals surface area contributed by atoms with Crippen LogP contribution in [0.25, 0.3) is 0 Å². The van der Waals surface area contributed by atoms with Crippen LogP contribution in [0.1, 0.15) is 47.0 Å². The standard InChI is InChI=1S/C24H27NO5S/c1-3-4-6-19-8-12-21(13-9-19)24(26)25(18-23-7-5-16-29-23)17-20-10-14-22(15-11-20)30-31(2,27)28/h5,7-16H,3-4,6,17-18H2,1-2H3. The molecule has 2 aromatic carbocycles. The molecule has 6 nitrogen and oxygen atoms in total. The van der Waals surface area contributed by atoms with Crippen LogP contribution in [0.4, 0.5) is 0 Å². The summed E-state index contributed by atoms with van der Waals surface area (Å²) < 4.78 is 32.9. The third-order valence-corrected chi connectivity index (χ3v) is 5.27. The molecule has 0 atom stereocenters. The fourth-order valence-corrected chi connectivity index (χ4v) is 3.67. The fraction of sp³-hybridized carbons (Fsp3) is 0.292. The van der Waals surface area contributed by atoms with Crippen LogP contribution in [0.15, 0.2) is 71.3 Å². The normalized spacial score (nSPS) is 11.3. The van der Waals surface area contributed by atoms with Crippen LogP contribution >= 0.6 is 0 Å². The first-order valence-corrected chi connectivity index (χ1v) is 12.0. The Balaban J connectivity index is 1.77. The zero-order valence-corrected chi connectivity index (χ0v) is 18.6. The summed E-state index contributed by atoms with van der Waals surface area (Å²) in [6, 6.07) is 18.0. The molecule has 164 valence electrons. The van der Waals surface area contributed by atoms with Crippen LogP contribution in [0, 0.1) is 0 Å². The number of rotatable bonds is 10. The number of nitrogens with zero attached hydrogens (tertiary/aromatic N) is 1. The molecule has 0 aliphatic rings. The van der Waals surface area contributed by atoms with Crippen LogP contribution in [-0.4, -0.2) is 25.5 Å². The number of amides is 1. The molecule has 0 spiro atoms. The Hall–Kier alpha value is -3.06. The third-order valence-electron chi connectivity index (χ3n) is 4.78. The maximum atomic E-state index is 13.2. The molecule has 0 bridgehead atoms. The molecule has 31 heavy (non-hydrogen) atoms. The van der Waals surface area contributed by atoms with Crippen LogP contribution in [-0.2, 0) is 29.6 Å². The first kappa shape index (κ1) is 22.6. The van der Waals surface area contributed by atoms with Gasteiger partial charge in [-0.3, -0.25) is 4.79 Å². The SMILES string of the molecule is CCCCc1ccc(C(=O)N(Cc2ccc(OS(C)(=O)=O)cc2)Cc2ccco2)cc1. The lowest BCUT2D eigenvalue weighted by Gasteiger charge is -2.22. The van der Waals surface area contributed by atoms with E-state index in [-0.39, 0.29) is 11.7 Å². The quantitative estimate of drug-likeness (QED) is 0.422. The number of carbonyl (C=O) groups excluding carboxylic acids is 1. The number of carbonyl (C=O) groups is 1. The van der Waals surface area contributed by atoms with Gasteiger partial charge >= 0.3 is 10.1 Å². The molecule has 0 fully saturated rings. The molecule has 1 aromatic heterocycles. The van der Waals surface area contributed by atoms with Crippen LogP contribution < -0.4 is 4.18 Å². The smallest absolute Gasteiger partial charge is 0.306 e. The molecule has 0 radical (unpaired) electrons. The maximum Gasteiger partial charge on any atom is 0.306 e. The Kier molecular flexibility index (Phi) is 7.52. The van der Waals surface area contributed by atoms with E-state index in [1.54, 1.807) is 41.5 Å². The van der Waals surface area contributed by atoms with Gasteiger partial charge in [-0.1, -0.05) is 37.6 Å². The van der Waals surface area contributed by atoms with Crippen LogP contribution in [0.2, 0.25) is 0 Å². The molecule has 7 heteroatoms. The summed E-state index contributed by atoms with van der Waals surface area (Å²) in [5.41, 5.74) is 2.68. The summed E-state index contributed by atoms with van der Waals surface area (Å²) in [6.07, 6.45) is 5.83. The van der Waals surface area contributed by atoms with Crippen molar-refractivity contribution >= 4 is 16.0 Å². The van der Waals surface area contributed by atoms with Crippen molar-refractivity contribution in [3.8, 4) is 5.75 Å². The summed E-state index contributed by atoms with van der Waals surface area (Å²) >= 11 is 0. The van der Waals surface area contributed by atoms with Gasteiger partial charge in [0.1, 0.15) is 11.5 Å². The highest BCUT2D eigenvalue weighted by atomic mass is 32.2. The maximum absolute atomic E-state index is 13.2. The summed E-state index contributed by atoms with van der Waals surface area (Å²) in [5, 5.41) is 0. The average molecular weight is 442 g/mol. The van der Waals surface area contributed by atoms with Crippen molar-refractivity contribution in [2.75, 3.05) is 6.26 Å².